The summed E-state index contributed by atoms with van der Waals surface area (Å²) in [5.74, 6) is -12.0. The van der Waals surface area contributed by atoms with E-state index in [1.165, 1.54) is 27.0 Å². The second kappa shape index (κ2) is 33.7. The highest BCUT2D eigenvalue weighted by Gasteiger charge is 2.33. The van der Waals surface area contributed by atoms with Gasteiger partial charge in [0.25, 0.3) is 5.91 Å². The van der Waals surface area contributed by atoms with Crippen molar-refractivity contribution < 1.29 is 62.9 Å². The van der Waals surface area contributed by atoms with Crippen molar-refractivity contribution in [2.75, 3.05) is 27.2 Å². The van der Waals surface area contributed by atoms with Crippen molar-refractivity contribution in [1.82, 2.24) is 37.2 Å². The number of carboxylic acid groups (broad SMARTS) is 2. The van der Waals surface area contributed by atoms with Crippen LogP contribution in [0.1, 0.15) is 85.1 Å². The van der Waals surface area contributed by atoms with Gasteiger partial charge in [-0.25, -0.2) is 9.59 Å². The summed E-state index contributed by atoms with van der Waals surface area (Å²) in [6, 6.07) is 0.895. The van der Waals surface area contributed by atoms with Crippen LogP contribution in [0.15, 0.2) is 64.1 Å². The molecule has 74 heavy (non-hydrogen) atoms. The zero-order valence-electron chi connectivity index (χ0n) is 43.0. The molecule has 1 aromatic rings. The molecule has 0 aromatic heterocycles. The second-order valence-corrected chi connectivity index (χ2v) is 17.5. The molecule has 0 aliphatic heterocycles. The van der Waals surface area contributed by atoms with Gasteiger partial charge in [0, 0.05) is 46.5 Å². The quantitative estimate of drug-likeness (QED) is 0.0114. The van der Waals surface area contributed by atoms with Crippen molar-refractivity contribution in [1.29, 1.82) is 0 Å². The summed E-state index contributed by atoms with van der Waals surface area (Å²) in [5.41, 5.74) is 23.5. The molecule has 1 rings (SSSR count). The Morgan fingerprint density at radius 1 is 0.662 bits per heavy atom. The predicted molar refractivity (Wildman–Crippen MR) is 273 cm³/mol. The minimum Gasteiger partial charge on any atom is -0.480 e. The number of hydrogen-bond acceptors (Lipinski definition) is 13. The van der Waals surface area contributed by atoms with Gasteiger partial charge in [-0.1, -0.05) is 68.0 Å². The Balaban J connectivity index is 3.60. The summed E-state index contributed by atoms with van der Waals surface area (Å²) >= 11 is 0. The van der Waals surface area contributed by atoms with Gasteiger partial charge in [-0.2, -0.15) is 0 Å². The number of ketones is 1. The highest BCUT2D eigenvalue weighted by molar-refractivity contribution is 6.35. The molecule has 26 heteroatoms. The number of ether oxygens (including phenoxy) is 1. The van der Waals surface area contributed by atoms with Crippen LogP contribution in [-0.2, 0) is 59.1 Å². The molecule has 0 unspecified atom stereocenters. The Morgan fingerprint density at radius 2 is 1.19 bits per heavy atom. The highest BCUT2D eigenvalue weighted by atomic mass is 16.5. The molecule has 0 fully saturated rings. The predicted octanol–water partition coefficient (Wildman–Crippen LogP) is -2.27. The zero-order chi connectivity index (χ0) is 56.1. The third-order valence-corrected chi connectivity index (χ3v) is 11.3. The number of carboxylic acids is 2. The third-order valence-electron chi connectivity index (χ3n) is 11.3. The van der Waals surface area contributed by atoms with E-state index in [9.17, 15) is 58.2 Å². The normalized spacial score (nSPS) is 14.9. The molecule has 410 valence electrons. The first kappa shape index (κ1) is 64.1. The van der Waals surface area contributed by atoms with Crippen LogP contribution in [-0.4, -0.2) is 151 Å². The number of nitrogens with one attached hydrogen (secondary N) is 7. The molecule has 7 amide bonds. The Morgan fingerprint density at radius 3 is 1.70 bits per heavy atom. The van der Waals surface area contributed by atoms with Gasteiger partial charge in [-0.3, -0.25) is 48.3 Å². The number of hydrogen-bond donors (Lipinski definition) is 13. The van der Waals surface area contributed by atoms with Crippen molar-refractivity contribution >= 4 is 71.0 Å². The average Bonchev–Trinajstić information content (AvgIpc) is 3.33. The van der Waals surface area contributed by atoms with Crippen LogP contribution in [0.25, 0.3) is 0 Å². The van der Waals surface area contributed by atoms with Crippen LogP contribution in [0, 0.1) is 11.8 Å². The standard InChI is InChI=1S/C48H75N13O13/c1-26(23-27(2)37(74-7)24-31-13-9-8-10-14-31)17-18-32(28(3)40(65)60-35(45(70)71)19-20-38(63)53-6)58-43(68)33(15-11-21-54-47(49)50)57-39(64)25-36(46(72)73)61-44(69)34(16-12-22-55-48(51)52)59-41(66)29(4)56-42(67)30(5)62/h8-10,13-14,17-18,23,27-29,32-37H,11-12,15-16,19-22,24-25H2,1-7H3,(H,53,63)(H,56,67)(H,57,64)(H,58,68)(H,59,66)(H,60,65)(H,61,69)(H,70,71)(H,72,73)(H4,49,50,54)(H4,51,52,55)/t27-,28-,29+,32-,33-,34-,35+,36+,37-/m0/s1. The summed E-state index contributed by atoms with van der Waals surface area (Å²) in [6.45, 7) is 7.38. The van der Waals surface area contributed by atoms with Gasteiger partial charge in [0.05, 0.1) is 24.5 Å². The first-order valence-electron chi connectivity index (χ1n) is 23.8. The molecular weight excluding hydrogens is 967 g/mol. The minimum absolute atomic E-state index is 0.00238. The van der Waals surface area contributed by atoms with E-state index in [1.54, 1.807) is 20.1 Å². The lowest BCUT2D eigenvalue weighted by molar-refractivity contribution is -0.144. The topological polar surface area (TPSA) is 433 Å². The summed E-state index contributed by atoms with van der Waals surface area (Å²) in [7, 11) is 2.98. The van der Waals surface area contributed by atoms with Gasteiger partial charge < -0.3 is 75.1 Å². The lowest BCUT2D eigenvalue weighted by atomic mass is 9.94. The van der Waals surface area contributed by atoms with Gasteiger partial charge >= 0.3 is 11.9 Å². The van der Waals surface area contributed by atoms with Crippen molar-refractivity contribution in [3.05, 3.63) is 59.7 Å². The van der Waals surface area contributed by atoms with E-state index >= 15 is 0 Å². The molecule has 0 radical (unpaired) electrons. The number of aliphatic carboxylic acids is 2. The lowest BCUT2D eigenvalue weighted by Crippen LogP contribution is -2.56. The number of rotatable bonds is 34. The minimum atomic E-state index is -1.94. The number of aliphatic imine (C=N–C) groups is 2. The largest absolute Gasteiger partial charge is 0.480 e. The molecule has 0 aliphatic carbocycles. The number of amides is 7. The van der Waals surface area contributed by atoms with E-state index in [1.807, 2.05) is 43.3 Å². The summed E-state index contributed by atoms with van der Waals surface area (Å²) in [6.07, 6.45) is 3.94. The van der Waals surface area contributed by atoms with Crippen LogP contribution in [0.4, 0.5) is 0 Å². The van der Waals surface area contributed by atoms with Crippen LogP contribution in [0.2, 0.25) is 0 Å². The number of nitrogens with zero attached hydrogens (tertiary/aromatic N) is 2. The number of Topliss-reactive ketones (excluding diaryl/α,β-unsaturated/α-hetero) is 1. The van der Waals surface area contributed by atoms with Crippen LogP contribution in [0.3, 0.4) is 0 Å². The van der Waals surface area contributed by atoms with Gasteiger partial charge in [0.1, 0.15) is 30.2 Å². The number of methoxy groups -OCH3 is 1. The van der Waals surface area contributed by atoms with E-state index in [-0.39, 0.29) is 75.6 Å². The zero-order valence-corrected chi connectivity index (χ0v) is 43.0. The third kappa shape index (κ3) is 25.5. The van der Waals surface area contributed by atoms with Crippen LogP contribution >= 0.6 is 0 Å². The maximum atomic E-state index is 14.3. The molecule has 1 aromatic carbocycles. The number of benzene rings is 1. The van der Waals surface area contributed by atoms with Crippen molar-refractivity contribution in [2.45, 2.75) is 128 Å². The number of guanidine groups is 2. The van der Waals surface area contributed by atoms with Crippen molar-refractivity contribution in [3.63, 3.8) is 0 Å². The number of allylic oxidation sites excluding steroid dienone is 2. The molecule has 0 heterocycles. The lowest BCUT2D eigenvalue weighted by Gasteiger charge is -2.27. The average molecular weight is 1040 g/mol. The SMILES string of the molecule is CNC(=O)CC[C@@H](NC(=O)[C@@H](C)[C@H](C=CC(C)=C[C@H](C)[C@H](Cc1ccccc1)OC)NC(=O)[C@H](CCCN=C(N)N)NC(=O)C[C@@H](NC(=O)[C@H](CCCN=C(N)N)NC(=O)[C@@H](C)NC(=O)C(C)=O)C(=O)O)C(=O)O. The maximum absolute atomic E-state index is 14.3. The second-order valence-electron chi connectivity index (χ2n) is 17.5. The first-order chi connectivity index (χ1) is 34.8. The number of carbonyl (C=O) groups excluding carboxylic acids is 8. The fourth-order valence-electron chi connectivity index (χ4n) is 7.01. The van der Waals surface area contributed by atoms with Gasteiger partial charge in [0.15, 0.2) is 11.9 Å². The molecule has 0 saturated carbocycles. The van der Waals surface area contributed by atoms with E-state index in [2.05, 4.69) is 47.2 Å². The molecular formula is C48H75N13O13. The van der Waals surface area contributed by atoms with Crippen molar-refractivity contribution in [2.24, 2.45) is 44.8 Å². The number of carbonyl (C=O) groups is 10. The van der Waals surface area contributed by atoms with E-state index < -0.39 is 108 Å². The number of nitrogens with two attached hydrogens (primary N) is 4. The molecule has 17 N–H and O–H groups in total. The summed E-state index contributed by atoms with van der Waals surface area (Å²) in [4.78, 5) is 136. The molecule has 0 bridgehead atoms. The van der Waals surface area contributed by atoms with Gasteiger partial charge in [-0.05, 0) is 57.9 Å². The van der Waals surface area contributed by atoms with Gasteiger partial charge in [-0.15, -0.1) is 0 Å². The summed E-state index contributed by atoms with van der Waals surface area (Å²) in [5, 5.41) is 36.9. The molecule has 0 spiro atoms. The van der Waals surface area contributed by atoms with E-state index in [0.29, 0.717) is 12.0 Å². The van der Waals surface area contributed by atoms with E-state index in [4.69, 9.17) is 27.7 Å². The molecule has 26 nitrogen and oxygen atoms in total. The maximum Gasteiger partial charge on any atom is 0.326 e. The highest BCUT2D eigenvalue weighted by Crippen LogP contribution is 2.18. The molecule has 0 aliphatic rings. The molecule has 0 saturated heterocycles. The summed E-state index contributed by atoms with van der Waals surface area (Å²) < 4.78 is 5.80. The smallest absolute Gasteiger partial charge is 0.326 e. The van der Waals surface area contributed by atoms with Crippen LogP contribution in [0.5, 0.6) is 0 Å². The fraction of sp³-hybridized carbons (Fsp3) is 0.542. The van der Waals surface area contributed by atoms with E-state index in [0.717, 1.165) is 12.5 Å². The molecule has 9 atom stereocenters. The first-order valence-corrected chi connectivity index (χ1v) is 23.8. The Hall–Kier alpha value is -7.90. The fourth-order valence-corrected chi connectivity index (χ4v) is 7.01. The Bertz CT molecular complexity index is 2210. The Labute approximate surface area is 430 Å². The van der Waals surface area contributed by atoms with Crippen molar-refractivity contribution in [3.8, 4) is 0 Å². The monoisotopic (exact) mass is 1040 g/mol. The van der Waals surface area contributed by atoms with Crippen LogP contribution < -0.4 is 60.2 Å². The van der Waals surface area contributed by atoms with Gasteiger partial charge in [0.2, 0.25) is 41.2 Å². The Kier molecular flexibility index (Phi) is 29.2.